The minimum atomic E-state index is -1.22. The minimum Gasteiger partial charge on any atom is -0.325 e. The molecule has 1 aliphatic rings. The first-order chi connectivity index (χ1) is 7.17. The highest BCUT2D eigenvalue weighted by Crippen LogP contribution is 2.24. The zero-order valence-corrected chi connectivity index (χ0v) is 10.9. The van der Waals surface area contributed by atoms with Gasteiger partial charge in [0.05, 0.1) is 0 Å². The normalized spacial score (nSPS) is 20.8. The van der Waals surface area contributed by atoms with Crippen molar-refractivity contribution in [1.29, 1.82) is 0 Å². The molecule has 1 fully saturated rings. The Morgan fingerprint density at radius 3 is 2.80 bits per heavy atom. The molecule has 0 saturated carbocycles. The zero-order valence-electron chi connectivity index (χ0n) is 9.91. The number of hydrogen-bond acceptors (Lipinski definition) is 3. The molecule has 1 aliphatic heterocycles. The van der Waals surface area contributed by atoms with E-state index in [0.717, 1.165) is 25.7 Å². The van der Waals surface area contributed by atoms with Gasteiger partial charge in [0, 0.05) is 19.2 Å². The number of unbranched alkanes of at least 4 members (excludes halogenated alkanes) is 2. The van der Waals surface area contributed by atoms with Gasteiger partial charge in [0.2, 0.25) is 0 Å². The van der Waals surface area contributed by atoms with E-state index in [-0.39, 0.29) is 0 Å². The van der Waals surface area contributed by atoms with Crippen LogP contribution in [-0.4, -0.2) is 32.0 Å². The molecular formula is C11H22N2OSi. The number of hydrazone groups is 1. The van der Waals surface area contributed by atoms with E-state index in [0.29, 0.717) is 6.42 Å². The lowest BCUT2D eigenvalue weighted by Gasteiger charge is -2.38. The van der Waals surface area contributed by atoms with E-state index in [2.05, 4.69) is 22.9 Å². The van der Waals surface area contributed by atoms with E-state index >= 15 is 0 Å². The largest absolute Gasteiger partial charge is 0.325 e. The molecule has 0 amide bonds. The van der Waals surface area contributed by atoms with Gasteiger partial charge in [-0.2, -0.15) is 5.10 Å². The fourth-order valence-electron chi connectivity index (χ4n) is 1.91. The molecule has 1 saturated heterocycles. The Labute approximate surface area is 93.6 Å². The predicted octanol–water partition coefficient (Wildman–Crippen LogP) is 2.64. The van der Waals surface area contributed by atoms with Crippen molar-refractivity contribution in [3.8, 4) is 0 Å². The van der Waals surface area contributed by atoms with Gasteiger partial charge in [-0.25, -0.2) is 0 Å². The molecule has 0 aromatic rings. The van der Waals surface area contributed by atoms with Crippen LogP contribution in [0.4, 0.5) is 0 Å². The SMILES string of the molecule is C[Si]1(C)CCCCN1N=CCCCC=O. The topological polar surface area (TPSA) is 32.7 Å². The van der Waals surface area contributed by atoms with Gasteiger partial charge in [-0.3, -0.25) is 0 Å². The average molecular weight is 226 g/mol. The molecule has 0 N–H and O–H groups in total. The monoisotopic (exact) mass is 226 g/mol. The maximum absolute atomic E-state index is 10.1. The second kappa shape index (κ2) is 6.05. The van der Waals surface area contributed by atoms with Gasteiger partial charge in [0.25, 0.3) is 0 Å². The van der Waals surface area contributed by atoms with Crippen molar-refractivity contribution in [2.75, 3.05) is 6.54 Å². The van der Waals surface area contributed by atoms with Gasteiger partial charge >= 0.3 is 0 Å². The second-order valence-corrected chi connectivity index (χ2v) is 9.43. The fourth-order valence-corrected chi connectivity index (χ4v) is 4.44. The zero-order chi connectivity index (χ0) is 11.1. The van der Waals surface area contributed by atoms with Crippen molar-refractivity contribution in [3.05, 3.63) is 0 Å². The van der Waals surface area contributed by atoms with Crippen molar-refractivity contribution in [3.63, 3.8) is 0 Å². The molecule has 0 radical (unpaired) electrons. The summed E-state index contributed by atoms with van der Waals surface area (Å²) in [4.78, 5) is 10.1. The molecule has 0 atom stereocenters. The summed E-state index contributed by atoms with van der Waals surface area (Å²) in [6.45, 7) is 5.90. The summed E-state index contributed by atoms with van der Waals surface area (Å²) in [5.74, 6) is 0. The summed E-state index contributed by atoms with van der Waals surface area (Å²) in [5, 5.41) is 4.56. The molecule has 0 aromatic carbocycles. The van der Waals surface area contributed by atoms with Crippen LogP contribution in [0.25, 0.3) is 0 Å². The third-order valence-electron chi connectivity index (χ3n) is 2.98. The lowest BCUT2D eigenvalue weighted by Crippen LogP contribution is -2.48. The van der Waals surface area contributed by atoms with Crippen molar-refractivity contribution in [1.82, 2.24) is 4.67 Å². The van der Waals surface area contributed by atoms with E-state index in [1.54, 1.807) is 0 Å². The molecule has 15 heavy (non-hydrogen) atoms. The summed E-state index contributed by atoms with van der Waals surface area (Å²) in [5.41, 5.74) is 0. The van der Waals surface area contributed by atoms with Crippen LogP contribution in [0, 0.1) is 0 Å². The molecule has 0 aromatic heterocycles. The Hall–Kier alpha value is -0.643. The maximum Gasteiger partial charge on any atom is 0.172 e. The van der Waals surface area contributed by atoms with Crippen molar-refractivity contribution >= 4 is 20.7 Å². The van der Waals surface area contributed by atoms with E-state index < -0.39 is 8.24 Å². The van der Waals surface area contributed by atoms with Gasteiger partial charge in [-0.05, 0) is 25.3 Å². The number of rotatable bonds is 5. The van der Waals surface area contributed by atoms with Crippen LogP contribution in [0.15, 0.2) is 5.10 Å². The van der Waals surface area contributed by atoms with Crippen LogP contribution < -0.4 is 0 Å². The number of aldehydes is 1. The standard InChI is InChI=1S/C11H22N2OSi/c1-15(2)11-7-5-9-13(15)12-8-4-3-6-10-14/h8,10H,3-7,9,11H2,1-2H3. The Bertz CT molecular complexity index is 229. The van der Waals surface area contributed by atoms with Crippen LogP contribution in [0.2, 0.25) is 19.1 Å². The van der Waals surface area contributed by atoms with Crippen LogP contribution in [0.1, 0.15) is 32.1 Å². The maximum atomic E-state index is 10.1. The van der Waals surface area contributed by atoms with Gasteiger partial charge in [0.15, 0.2) is 8.24 Å². The van der Waals surface area contributed by atoms with E-state index in [1.165, 1.54) is 18.9 Å². The first-order valence-electron chi connectivity index (χ1n) is 5.90. The van der Waals surface area contributed by atoms with Crippen LogP contribution in [0.3, 0.4) is 0 Å². The van der Waals surface area contributed by atoms with E-state index in [9.17, 15) is 4.79 Å². The molecule has 86 valence electrons. The molecule has 0 bridgehead atoms. The lowest BCUT2D eigenvalue weighted by atomic mass is 10.3. The predicted molar refractivity (Wildman–Crippen MR) is 66.6 cm³/mol. The quantitative estimate of drug-likeness (QED) is 0.312. The summed E-state index contributed by atoms with van der Waals surface area (Å²) < 4.78 is 2.33. The van der Waals surface area contributed by atoms with Crippen molar-refractivity contribution in [2.45, 2.75) is 51.2 Å². The molecule has 0 spiro atoms. The van der Waals surface area contributed by atoms with E-state index in [4.69, 9.17) is 0 Å². The number of carbonyl (C=O) groups is 1. The fraction of sp³-hybridized carbons (Fsp3) is 0.818. The molecular weight excluding hydrogens is 204 g/mol. The lowest BCUT2D eigenvalue weighted by molar-refractivity contribution is -0.107. The Morgan fingerprint density at radius 1 is 1.33 bits per heavy atom. The van der Waals surface area contributed by atoms with Crippen LogP contribution in [0.5, 0.6) is 0 Å². The molecule has 3 nitrogen and oxygen atoms in total. The van der Waals surface area contributed by atoms with Crippen molar-refractivity contribution < 1.29 is 4.79 Å². The molecule has 1 heterocycles. The third kappa shape index (κ3) is 4.16. The smallest absolute Gasteiger partial charge is 0.172 e. The Balaban J connectivity index is 2.31. The number of carbonyl (C=O) groups excluding carboxylic acids is 1. The van der Waals surface area contributed by atoms with E-state index in [1.807, 2.05) is 6.21 Å². The molecule has 0 aliphatic carbocycles. The summed E-state index contributed by atoms with van der Waals surface area (Å²) >= 11 is 0. The Kier molecular flexibility index (Phi) is 5.01. The second-order valence-electron chi connectivity index (χ2n) is 4.79. The van der Waals surface area contributed by atoms with Gasteiger partial charge in [-0.1, -0.05) is 19.5 Å². The highest BCUT2D eigenvalue weighted by atomic mass is 28.3. The summed E-state index contributed by atoms with van der Waals surface area (Å²) in [7, 11) is -1.22. The average Bonchev–Trinajstić information content (AvgIpc) is 2.19. The van der Waals surface area contributed by atoms with Crippen LogP contribution in [-0.2, 0) is 4.79 Å². The number of nitrogens with zero attached hydrogens (tertiary/aromatic N) is 2. The van der Waals surface area contributed by atoms with Gasteiger partial charge in [0.1, 0.15) is 6.29 Å². The highest BCUT2D eigenvalue weighted by molar-refractivity contribution is 6.74. The van der Waals surface area contributed by atoms with Crippen molar-refractivity contribution in [2.24, 2.45) is 5.10 Å². The number of hydrogen-bond donors (Lipinski definition) is 0. The molecule has 4 heteroatoms. The summed E-state index contributed by atoms with van der Waals surface area (Å²) in [6.07, 6.45) is 8.14. The first-order valence-corrected chi connectivity index (χ1v) is 9.06. The van der Waals surface area contributed by atoms with Gasteiger partial charge in [-0.15, -0.1) is 0 Å². The third-order valence-corrected chi connectivity index (χ3v) is 6.30. The molecule has 1 rings (SSSR count). The van der Waals surface area contributed by atoms with Crippen LogP contribution >= 0.6 is 0 Å². The van der Waals surface area contributed by atoms with Gasteiger partial charge < -0.3 is 9.47 Å². The summed E-state index contributed by atoms with van der Waals surface area (Å²) in [6, 6.07) is 1.36. The Morgan fingerprint density at radius 2 is 2.13 bits per heavy atom. The minimum absolute atomic E-state index is 0.660. The molecule has 0 unspecified atom stereocenters. The highest BCUT2D eigenvalue weighted by Gasteiger charge is 2.31. The first kappa shape index (κ1) is 12.4.